The molecular formula is C22H16F3N3O2. The third kappa shape index (κ3) is 4.64. The molecule has 0 heterocycles. The Morgan fingerprint density at radius 1 is 1.00 bits per heavy atom. The molecule has 8 heteroatoms. The van der Waals surface area contributed by atoms with Crippen LogP contribution in [-0.2, 0) is 6.18 Å². The lowest BCUT2D eigenvalue weighted by atomic mass is 10.0. The molecular weight excluding hydrogens is 395 g/mol. The molecule has 0 radical (unpaired) electrons. The molecule has 1 N–H and O–H groups in total. The molecule has 3 aromatic rings. The van der Waals surface area contributed by atoms with Crippen molar-refractivity contribution in [1.82, 2.24) is 0 Å². The number of aliphatic hydroxyl groups excluding tert-OH is 1. The molecule has 0 spiro atoms. The minimum absolute atomic E-state index is 0.0356. The molecule has 0 aliphatic rings. The van der Waals surface area contributed by atoms with Crippen molar-refractivity contribution in [3.05, 3.63) is 94.4 Å². The summed E-state index contributed by atoms with van der Waals surface area (Å²) in [5, 5.41) is 22.5. The standard InChI is InChI=1S/C22H16F3N3O2/c23-22(24,25)20-12-15(6-7-16(20)13-26)21(29)14-28(18-4-2-1-3-5-18)19-10-8-17(27-30)9-11-19/h1-12,21,29H,14H2. The van der Waals surface area contributed by atoms with Crippen LogP contribution < -0.4 is 4.90 Å². The molecule has 152 valence electrons. The number of anilines is 2. The van der Waals surface area contributed by atoms with Crippen LogP contribution in [0.3, 0.4) is 0 Å². The zero-order valence-corrected chi connectivity index (χ0v) is 15.5. The van der Waals surface area contributed by atoms with E-state index in [2.05, 4.69) is 5.18 Å². The number of alkyl halides is 3. The second kappa shape index (κ2) is 8.76. The summed E-state index contributed by atoms with van der Waals surface area (Å²) in [6.07, 6.45) is -5.99. The number of aliphatic hydroxyl groups is 1. The van der Waals surface area contributed by atoms with Gasteiger partial charge in [-0.3, -0.25) is 0 Å². The smallest absolute Gasteiger partial charge is 0.387 e. The Bertz CT molecular complexity index is 1060. The molecule has 0 saturated heterocycles. The molecule has 0 aliphatic heterocycles. The highest BCUT2D eigenvalue weighted by Crippen LogP contribution is 2.35. The number of hydrogen-bond acceptors (Lipinski definition) is 5. The minimum atomic E-state index is -4.71. The van der Waals surface area contributed by atoms with E-state index in [-0.39, 0.29) is 17.8 Å². The summed E-state index contributed by atoms with van der Waals surface area (Å²) in [4.78, 5) is 12.4. The van der Waals surface area contributed by atoms with Gasteiger partial charge in [0.25, 0.3) is 0 Å². The zero-order valence-electron chi connectivity index (χ0n) is 15.5. The van der Waals surface area contributed by atoms with Crippen molar-refractivity contribution in [2.75, 3.05) is 11.4 Å². The van der Waals surface area contributed by atoms with Crippen LogP contribution in [-0.4, -0.2) is 11.7 Å². The van der Waals surface area contributed by atoms with Crippen molar-refractivity contribution in [2.24, 2.45) is 5.18 Å². The van der Waals surface area contributed by atoms with Crippen molar-refractivity contribution in [2.45, 2.75) is 12.3 Å². The monoisotopic (exact) mass is 411 g/mol. The molecule has 30 heavy (non-hydrogen) atoms. The summed E-state index contributed by atoms with van der Waals surface area (Å²) in [6, 6.07) is 19.9. The Kier molecular flexibility index (Phi) is 6.14. The molecule has 0 saturated carbocycles. The highest BCUT2D eigenvalue weighted by molar-refractivity contribution is 5.65. The quantitative estimate of drug-likeness (QED) is 0.517. The molecule has 0 fully saturated rings. The summed E-state index contributed by atoms with van der Waals surface area (Å²) >= 11 is 0. The maximum absolute atomic E-state index is 13.3. The first-order valence-electron chi connectivity index (χ1n) is 8.89. The molecule has 0 aliphatic carbocycles. The Morgan fingerprint density at radius 3 is 2.20 bits per heavy atom. The van der Waals surface area contributed by atoms with E-state index in [9.17, 15) is 23.2 Å². The number of benzene rings is 3. The number of nitriles is 1. The number of nitrogens with zero attached hydrogens (tertiary/aromatic N) is 3. The largest absolute Gasteiger partial charge is 0.417 e. The van der Waals surface area contributed by atoms with Gasteiger partial charge in [-0.15, -0.1) is 4.91 Å². The summed E-state index contributed by atoms with van der Waals surface area (Å²) in [5.74, 6) is 0. The highest BCUT2D eigenvalue weighted by atomic mass is 19.4. The van der Waals surface area contributed by atoms with E-state index < -0.39 is 23.4 Å². The fraction of sp³-hybridized carbons (Fsp3) is 0.136. The predicted molar refractivity (Wildman–Crippen MR) is 106 cm³/mol. The first-order chi connectivity index (χ1) is 14.3. The third-order valence-corrected chi connectivity index (χ3v) is 4.54. The molecule has 0 aromatic heterocycles. The van der Waals surface area contributed by atoms with Crippen LogP contribution in [0, 0.1) is 16.2 Å². The minimum Gasteiger partial charge on any atom is -0.387 e. The lowest BCUT2D eigenvalue weighted by Gasteiger charge is -2.28. The van der Waals surface area contributed by atoms with Crippen molar-refractivity contribution >= 4 is 17.1 Å². The summed E-state index contributed by atoms with van der Waals surface area (Å²) in [5.41, 5.74) is -0.00223. The number of rotatable bonds is 6. The van der Waals surface area contributed by atoms with Crippen molar-refractivity contribution < 1.29 is 18.3 Å². The van der Waals surface area contributed by atoms with E-state index in [1.54, 1.807) is 41.3 Å². The van der Waals surface area contributed by atoms with Crippen LogP contribution in [0.25, 0.3) is 0 Å². The molecule has 5 nitrogen and oxygen atoms in total. The van der Waals surface area contributed by atoms with E-state index in [1.807, 2.05) is 6.07 Å². The highest BCUT2D eigenvalue weighted by Gasteiger charge is 2.34. The van der Waals surface area contributed by atoms with E-state index >= 15 is 0 Å². The van der Waals surface area contributed by atoms with Gasteiger partial charge >= 0.3 is 6.18 Å². The summed E-state index contributed by atoms with van der Waals surface area (Å²) in [7, 11) is 0. The lowest BCUT2D eigenvalue weighted by molar-refractivity contribution is -0.137. The van der Waals surface area contributed by atoms with Crippen molar-refractivity contribution in [1.29, 1.82) is 5.26 Å². The summed E-state index contributed by atoms with van der Waals surface area (Å²) in [6.45, 7) is -0.0545. The van der Waals surface area contributed by atoms with Gasteiger partial charge in [0.05, 0.1) is 29.8 Å². The average molecular weight is 411 g/mol. The second-order valence-electron chi connectivity index (χ2n) is 6.48. The van der Waals surface area contributed by atoms with Crippen LogP contribution in [0.1, 0.15) is 22.8 Å². The van der Waals surface area contributed by atoms with Gasteiger partial charge in [-0.1, -0.05) is 24.3 Å². The molecule has 0 amide bonds. The Labute approximate surface area is 170 Å². The Balaban J connectivity index is 1.96. The molecule has 1 atom stereocenters. The van der Waals surface area contributed by atoms with Gasteiger partial charge in [0, 0.05) is 11.4 Å². The maximum atomic E-state index is 13.3. The number of para-hydroxylation sites is 1. The van der Waals surface area contributed by atoms with Gasteiger partial charge in [0.15, 0.2) is 0 Å². The van der Waals surface area contributed by atoms with Gasteiger partial charge in [-0.25, -0.2) is 0 Å². The fourth-order valence-corrected chi connectivity index (χ4v) is 3.04. The maximum Gasteiger partial charge on any atom is 0.417 e. The van der Waals surface area contributed by atoms with Crippen LogP contribution in [0.4, 0.5) is 30.2 Å². The normalized spacial score (nSPS) is 12.1. The molecule has 1 unspecified atom stereocenters. The van der Waals surface area contributed by atoms with E-state index in [4.69, 9.17) is 5.26 Å². The Hall–Kier alpha value is -3.70. The van der Waals surface area contributed by atoms with Gasteiger partial charge in [0.2, 0.25) is 0 Å². The van der Waals surface area contributed by atoms with Gasteiger partial charge in [0.1, 0.15) is 5.69 Å². The van der Waals surface area contributed by atoms with E-state index in [0.717, 1.165) is 12.1 Å². The number of halogens is 3. The number of nitroso groups, excluding NO2 is 1. The van der Waals surface area contributed by atoms with E-state index in [1.165, 1.54) is 24.3 Å². The third-order valence-electron chi connectivity index (χ3n) is 4.54. The molecule has 3 aromatic carbocycles. The van der Waals surface area contributed by atoms with Crippen molar-refractivity contribution in [3.8, 4) is 6.07 Å². The zero-order chi connectivity index (χ0) is 21.7. The van der Waals surface area contributed by atoms with Crippen LogP contribution in [0.2, 0.25) is 0 Å². The molecule has 3 rings (SSSR count). The first kappa shape index (κ1) is 21.0. The van der Waals surface area contributed by atoms with E-state index in [0.29, 0.717) is 11.4 Å². The van der Waals surface area contributed by atoms with Gasteiger partial charge < -0.3 is 10.0 Å². The van der Waals surface area contributed by atoms with Crippen LogP contribution in [0.15, 0.2) is 78.0 Å². The van der Waals surface area contributed by atoms with Gasteiger partial charge in [-0.05, 0) is 59.3 Å². The number of hydrogen-bond donors (Lipinski definition) is 1. The summed E-state index contributed by atoms with van der Waals surface area (Å²) < 4.78 is 39.8. The fourth-order valence-electron chi connectivity index (χ4n) is 3.04. The first-order valence-corrected chi connectivity index (χ1v) is 8.89. The topological polar surface area (TPSA) is 76.7 Å². The molecule has 0 bridgehead atoms. The van der Waals surface area contributed by atoms with Crippen LogP contribution in [0.5, 0.6) is 0 Å². The Morgan fingerprint density at radius 2 is 1.63 bits per heavy atom. The SMILES string of the molecule is N#Cc1ccc(C(O)CN(c2ccccc2)c2ccc(N=O)cc2)cc1C(F)(F)F. The van der Waals surface area contributed by atoms with Crippen molar-refractivity contribution in [3.63, 3.8) is 0 Å². The lowest BCUT2D eigenvalue weighted by Crippen LogP contribution is -2.24. The predicted octanol–water partition coefficient (Wildman–Crippen LogP) is 5.85. The average Bonchev–Trinajstić information content (AvgIpc) is 2.77. The second-order valence-corrected chi connectivity index (χ2v) is 6.48. The van der Waals surface area contributed by atoms with Gasteiger partial charge in [-0.2, -0.15) is 18.4 Å². The van der Waals surface area contributed by atoms with Crippen LogP contribution >= 0.6 is 0 Å².